The van der Waals surface area contributed by atoms with E-state index in [1.807, 2.05) is 0 Å². The predicted molar refractivity (Wildman–Crippen MR) is 170 cm³/mol. The van der Waals surface area contributed by atoms with Gasteiger partial charge < -0.3 is 0 Å². The van der Waals surface area contributed by atoms with E-state index in [0.29, 0.717) is 11.8 Å². The number of hydrogen-bond acceptors (Lipinski definition) is 3. The van der Waals surface area contributed by atoms with Gasteiger partial charge in [0.25, 0.3) is 0 Å². The molecule has 0 amide bonds. The van der Waals surface area contributed by atoms with Gasteiger partial charge in [0.15, 0.2) is 0 Å². The number of hydrogen-bond donors (Lipinski definition) is 0. The summed E-state index contributed by atoms with van der Waals surface area (Å²) in [5, 5.41) is 0. The van der Waals surface area contributed by atoms with Crippen LogP contribution >= 0.6 is 0 Å². The third-order valence-corrected chi connectivity index (χ3v) is 41.7. The van der Waals surface area contributed by atoms with Crippen LogP contribution in [0.25, 0.3) is 0 Å². The van der Waals surface area contributed by atoms with Crippen molar-refractivity contribution in [2.75, 3.05) is 13.2 Å². The van der Waals surface area contributed by atoms with E-state index >= 15 is 0 Å². The van der Waals surface area contributed by atoms with Crippen LogP contribution in [0.4, 0.5) is 0 Å². The van der Waals surface area contributed by atoms with E-state index in [1.165, 1.54) is 116 Å². The Morgan fingerprint density at radius 2 is 0.811 bits per heavy atom. The van der Waals surface area contributed by atoms with Crippen molar-refractivity contribution in [3.05, 3.63) is 0 Å². The van der Waals surface area contributed by atoms with E-state index in [2.05, 4.69) is 55.4 Å². The molecule has 0 saturated carbocycles. The van der Waals surface area contributed by atoms with Crippen LogP contribution in [0, 0.1) is 11.8 Å². The normalized spacial score (nSPS) is 15.6. The van der Waals surface area contributed by atoms with Crippen molar-refractivity contribution >= 4 is 38.4 Å². The summed E-state index contributed by atoms with van der Waals surface area (Å²) < 4.78 is 27.4. The van der Waals surface area contributed by atoms with Gasteiger partial charge in [-0.05, 0) is 0 Å². The van der Waals surface area contributed by atoms with Crippen molar-refractivity contribution in [1.29, 1.82) is 0 Å². The molecule has 0 spiro atoms. The molecule has 0 rings (SSSR count). The van der Waals surface area contributed by atoms with E-state index in [0.717, 1.165) is 17.7 Å². The molecule has 0 heterocycles. The van der Waals surface area contributed by atoms with E-state index < -0.39 is 38.4 Å². The third kappa shape index (κ3) is 17.8. The van der Waals surface area contributed by atoms with Gasteiger partial charge in [0.1, 0.15) is 0 Å². The molecule has 224 valence electrons. The van der Waals surface area contributed by atoms with Gasteiger partial charge in [0, 0.05) is 0 Å². The predicted octanol–water partition coefficient (Wildman–Crippen LogP) is 11.6. The third-order valence-electron chi connectivity index (χ3n) is 8.33. The Morgan fingerprint density at radius 1 is 0.459 bits per heavy atom. The standard InChI is InChI=1S/2C8H17O.4C4H9.O.2Sn/c2*1-3-5-6-8(4-2)7-9;4*1-3-4-2;;;/h2*8H,3-7H2,1-2H3;4*1,3-4H2,2H3;;;/q2*-1;;;;;;;+2. The first-order valence-corrected chi connectivity index (χ1v) is 29.6. The van der Waals surface area contributed by atoms with Crippen molar-refractivity contribution in [1.82, 2.24) is 0 Å². The summed E-state index contributed by atoms with van der Waals surface area (Å²) in [6, 6.07) is 0. The molecule has 0 aromatic carbocycles. The Hall–Kier alpha value is 1.48. The molecule has 5 heteroatoms. The molecule has 0 aliphatic carbocycles. The Labute approximate surface area is 245 Å². The molecule has 0 aliphatic rings. The number of rotatable bonds is 28. The first kappa shape index (κ1) is 38.5. The Morgan fingerprint density at radius 3 is 1.14 bits per heavy atom. The Balaban J connectivity index is 6.21. The summed E-state index contributed by atoms with van der Waals surface area (Å²) in [6.07, 6.45) is 20.4. The summed E-state index contributed by atoms with van der Waals surface area (Å²) >= 11 is -6.60. The van der Waals surface area contributed by atoms with E-state index in [1.54, 1.807) is 0 Å². The van der Waals surface area contributed by atoms with Gasteiger partial charge in [-0.15, -0.1) is 0 Å². The van der Waals surface area contributed by atoms with Crippen LogP contribution in [0.5, 0.6) is 0 Å². The van der Waals surface area contributed by atoms with Gasteiger partial charge in [-0.25, -0.2) is 0 Å². The SMILES string of the molecule is CCCCC(CC)C[O][Sn]([CH2]CCC)([O]CC(CC)CCCC)[O][Sn]([CH2]CCC)([CH2]CCC)[CH2]CCC. The molecule has 0 aromatic rings. The quantitative estimate of drug-likeness (QED) is 0.0748. The zero-order chi connectivity index (χ0) is 27.8. The molecule has 3 nitrogen and oxygen atoms in total. The second kappa shape index (κ2) is 25.2. The monoisotopic (exact) mass is 742 g/mol. The summed E-state index contributed by atoms with van der Waals surface area (Å²) in [4.78, 5) is 0. The van der Waals surface area contributed by atoms with Crippen LogP contribution in [0.1, 0.15) is 158 Å². The first-order chi connectivity index (χ1) is 17.9. The van der Waals surface area contributed by atoms with Gasteiger partial charge in [-0.1, -0.05) is 0 Å². The Kier molecular flexibility index (Phi) is 26.2. The minimum atomic E-state index is -3.73. The summed E-state index contributed by atoms with van der Waals surface area (Å²) in [5.74, 6) is 1.30. The molecule has 2 atom stereocenters. The average Bonchev–Trinajstić information content (AvgIpc) is 2.92. The molecular formula is C32H70O3Sn2. The molecule has 0 saturated heterocycles. The van der Waals surface area contributed by atoms with Crippen LogP contribution in [-0.2, 0) is 7.56 Å². The van der Waals surface area contributed by atoms with Crippen LogP contribution in [0.3, 0.4) is 0 Å². The molecule has 0 N–H and O–H groups in total. The van der Waals surface area contributed by atoms with E-state index in [9.17, 15) is 0 Å². The van der Waals surface area contributed by atoms with Crippen LogP contribution in [0.2, 0.25) is 17.7 Å². The average molecular weight is 740 g/mol. The molecule has 0 aromatic heterocycles. The second-order valence-electron chi connectivity index (χ2n) is 11.8. The first-order valence-electron chi connectivity index (χ1n) is 16.9. The van der Waals surface area contributed by atoms with Gasteiger partial charge >= 0.3 is 247 Å². The van der Waals surface area contributed by atoms with Gasteiger partial charge in [0.2, 0.25) is 0 Å². The second-order valence-corrected chi connectivity index (χ2v) is 34.3. The topological polar surface area (TPSA) is 27.7 Å². The maximum absolute atomic E-state index is 7.81. The van der Waals surface area contributed by atoms with Crippen molar-refractivity contribution in [3.63, 3.8) is 0 Å². The van der Waals surface area contributed by atoms with E-state index in [-0.39, 0.29) is 0 Å². The van der Waals surface area contributed by atoms with Crippen LogP contribution in [0.15, 0.2) is 0 Å². The fourth-order valence-corrected chi connectivity index (χ4v) is 48.2. The van der Waals surface area contributed by atoms with E-state index in [4.69, 9.17) is 7.56 Å². The molecule has 2 unspecified atom stereocenters. The summed E-state index contributed by atoms with van der Waals surface area (Å²) in [7, 11) is 0. The molecule has 0 fully saturated rings. The molecule has 0 radical (unpaired) electrons. The number of unbranched alkanes of at least 4 members (excludes halogenated alkanes) is 6. The summed E-state index contributed by atoms with van der Waals surface area (Å²) in [5.41, 5.74) is 0. The molecule has 37 heavy (non-hydrogen) atoms. The fraction of sp³-hybridized carbons (Fsp3) is 1.00. The van der Waals surface area contributed by atoms with Gasteiger partial charge in [0.05, 0.1) is 0 Å². The van der Waals surface area contributed by atoms with Crippen molar-refractivity contribution in [2.45, 2.75) is 176 Å². The minimum absolute atomic E-state index is 0.651. The van der Waals surface area contributed by atoms with Crippen LogP contribution in [-0.4, -0.2) is 51.6 Å². The molecular weight excluding hydrogens is 670 g/mol. The zero-order valence-corrected chi connectivity index (χ0v) is 32.6. The van der Waals surface area contributed by atoms with Crippen molar-refractivity contribution in [2.24, 2.45) is 11.8 Å². The van der Waals surface area contributed by atoms with Gasteiger partial charge in [-0.3, -0.25) is 0 Å². The summed E-state index contributed by atoms with van der Waals surface area (Å²) in [6.45, 7) is 20.5. The van der Waals surface area contributed by atoms with Crippen molar-refractivity contribution in [3.8, 4) is 0 Å². The molecule has 0 bridgehead atoms. The zero-order valence-electron chi connectivity index (χ0n) is 26.9. The maximum atomic E-state index is 7.81. The molecule has 0 aliphatic heterocycles. The van der Waals surface area contributed by atoms with Crippen LogP contribution < -0.4 is 0 Å². The Bertz CT molecular complexity index is 447. The fourth-order valence-electron chi connectivity index (χ4n) is 5.33. The van der Waals surface area contributed by atoms with Gasteiger partial charge in [-0.2, -0.15) is 0 Å². The van der Waals surface area contributed by atoms with Crippen molar-refractivity contribution < 1.29 is 7.56 Å².